The Hall–Kier alpha value is -1.98. The summed E-state index contributed by atoms with van der Waals surface area (Å²) >= 11 is 3.41. The topological polar surface area (TPSA) is 52.9 Å². The van der Waals surface area contributed by atoms with Crippen LogP contribution in [0.15, 0.2) is 58.1 Å². The van der Waals surface area contributed by atoms with E-state index in [-0.39, 0.29) is 11.3 Å². The molecule has 0 saturated carbocycles. The van der Waals surface area contributed by atoms with E-state index in [0.717, 1.165) is 15.7 Å². The van der Waals surface area contributed by atoms with E-state index in [1.165, 1.54) is 5.01 Å². The lowest BCUT2D eigenvalue weighted by Gasteiger charge is -2.31. The molecule has 0 radical (unpaired) electrons. The molecule has 5 heteroatoms. The Morgan fingerprint density at radius 1 is 1.15 bits per heavy atom. The number of benzene rings is 2. The van der Waals surface area contributed by atoms with Crippen LogP contribution in [0.3, 0.4) is 0 Å². The Bertz CT molecular complexity index is 867. The highest BCUT2D eigenvalue weighted by molar-refractivity contribution is 9.10. The van der Waals surface area contributed by atoms with Gasteiger partial charge in [0.15, 0.2) is 5.72 Å². The molecular weight excluding hydrogens is 404 g/mol. The third-order valence-corrected chi connectivity index (χ3v) is 5.48. The van der Waals surface area contributed by atoms with E-state index >= 15 is 0 Å². The second-order valence-corrected chi connectivity index (χ2v) is 8.88. The molecule has 0 bridgehead atoms. The molecule has 1 N–H and O–H groups in total. The van der Waals surface area contributed by atoms with Gasteiger partial charge in [-0.3, -0.25) is 4.79 Å². The standard InChI is InChI=1S/C22H25BrN2O2/c1-5-19-14-22(27,17-10-12-18(23)13-11-17)25(24-19)20(26)15-6-8-16(9-7-15)21(2,3)4/h6-13,27H,5,14H2,1-4H3/t22-/m1/s1. The molecule has 0 saturated heterocycles. The van der Waals surface area contributed by atoms with E-state index in [4.69, 9.17) is 0 Å². The zero-order valence-corrected chi connectivity index (χ0v) is 17.7. The van der Waals surface area contributed by atoms with Gasteiger partial charge in [-0.1, -0.05) is 67.9 Å². The van der Waals surface area contributed by atoms with Gasteiger partial charge in [-0.25, -0.2) is 0 Å². The molecule has 0 spiro atoms. The van der Waals surface area contributed by atoms with Gasteiger partial charge in [-0.15, -0.1) is 0 Å². The van der Waals surface area contributed by atoms with Gasteiger partial charge in [0, 0.05) is 27.7 Å². The van der Waals surface area contributed by atoms with Gasteiger partial charge in [-0.05, 0) is 41.7 Å². The monoisotopic (exact) mass is 428 g/mol. The van der Waals surface area contributed by atoms with Crippen molar-refractivity contribution in [2.24, 2.45) is 5.10 Å². The number of carbonyl (C=O) groups excluding carboxylic acids is 1. The Balaban J connectivity index is 1.97. The van der Waals surface area contributed by atoms with Crippen molar-refractivity contribution < 1.29 is 9.90 Å². The number of hydrogen-bond donors (Lipinski definition) is 1. The molecule has 2 aromatic rings. The van der Waals surface area contributed by atoms with Crippen LogP contribution in [0.2, 0.25) is 0 Å². The van der Waals surface area contributed by atoms with Crippen LogP contribution >= 0.6 is 15.9 Å². The van der Waals surface area contributed by atoms with Crippen LogP contribution in [0.4, 0.5) is 0 Å². The molecule has 0 fully saturated rings. The van der Waals surface area contributed by atoms with E-state index in [2.05, 4.69) is 41.8 Å². The average molecular weight is 429 g/mol. The van der Waals surface area contributed by atoms with Gasteiger partial charge < -0.3 is 5.11 Å². The fourth-order valence-corrected chi connectivity index (χ4v) is 3.47. The fourth-order valence-electron chi connectivity index (χ4n) is 3.20. The van der Waals surface area contributed by atoms with Crippen LogP contribution in [0.1, 0.15) is 62.0 Å². The minimum atomic E-state index is -1.47. The van der Waals surface area contributed by atoms with Crippen LogP contribution in [0.5, 0.6) is 0 Å². The summed E-state index contributed by atoms with van der Waals surface area (Å²) in [5.41, 5.74) is 1.67. The van der Waals surface area contributed by atoms with Gasteiger partial charge in [0.05, 0.1) is 0 Å². The molecule has 1 aliphatic heterocycles. The number of carbonyl (C=O) groups is 1. The number of hydrogen-bond acceptors (Lipinski definition) is 3. The maximum absolute atomic E-state index is 13.2. The number of rotatable bonds is 3. The molecule has 2 aromatic carbocycles. The Labute approximate surface area is 169 Å². The van der Waals surface area contributed by atoms with Gasteiger partial charge in [0.2, 0.25) is 0 Å². The molecule has 4 nitrogen and oxygen atoms in total. The largest absolute Gasteiger partial charge is 0.365 e. The van der Waals surface area contributed by atoms with Crippen molar-refractivity contribution in [1.29, 1.82) is 0 Å². The molecule has 1 aliphatic rings. The van der Waals surface area contributed by atoms with Crippen molar-refractivity contribution in [3.63, 3.8) is 0 Å². The molecule has 0 aromatic heterocycles. The van der Waals surface area contributed by atoms with Crippen LogP contribution in [0.25, 0.3) is 0 Å². The summed E-state index contributed by atoms with van der Waals surface area (Å²) in [6.45, 7) is 8.38. The van der Waals surface area contributed by atoms with Crippen LogP contribution in [-0.2, 0) is 11.1 Å². The first kappa shape index (κ1) is 19.8. The van der Waals surface area contributed by atoms with Crippen molar-refractivity contribution in [2.75, 3.05) is 0 Å². The molecule has 1 heterocycles. The first-order chi connectivity index (χ1) is 12.6. The number of amides is 1. The van der Waals surface area contributed by atoms with E-state index < -0.39 is 5.72 Å². The fraction of sp³-hybridized carbons (Fsp3) is 0.364. The molecule has 1 atom stereocenters. The normalized spacial score (nSPS) is 19.9. The zero-order valence-electron chi connectivity index (χ0n) is 16.2. The molecule has 3 rings (SSSR count). The van der Waals surface area contributed by atoms with Gasteiger partial charge in [0.25, 0.3) is 5.91 Å². The minimum absolute atomic E-state index is 0.0148. The lowest BCUT2D eigenvalue weighted by molar-refractivity contribution is -0.0765. The molecule has 27 heavy (non-hydrogen) atoms. The number of nitrogens with zero attached hydrogens (tertiary/aromatic N) is 2. The smallest absolute Gasteiger partial charge is 0.276 e. The summed E-state index contributed by atoms with van der Waals surface area (Å²) in [7, 11) is 0. The quantitative estimate of drug-likeness (QED) is 0.729. The third-order valence-electron chi connectivity index (χ3n) is 4.95. The SMILES string of the molecule is CCC1=NN(C(=O)c2ccc(C(C)(C)C)cc2)[C@](O)(c2ccc(Br)cc2)C1. The summed E-state index contributed by atoms with van der Waals surface area (Å²) in [5, 5.41) is 17.1. The van der Waals surface area contributed by atoms with Gasteiger partial charge in [-0.2, -0.15) is 10.1 Å². The van der Waals surface area contributed by atoms with Crippen LogP contribution in [0, 0.1) is 0 Å². The predicted molar refractivity (Wildman–Crippen MR) is 112 cm³/mol. The Morgan fingerprint density at radius 2 is 1.74 bits per heavy atom. The summed E-state index contributed by atoms with van der Waals surface area (Å²) < 4.78 is 0.917. The van der Waals surface area contributed by atoms with Crippen molar-refractivity contribution in [3.05, 3.63) is 69.7 Å². The van der Waals surface area contributed by atoms with Gasteiger partial charge >= 0.3 is 0 Å². The predicted octanol–water partition coefficient (Wildman–Crippen LogP) is 5.20. The Kier molecular flexibility index (Phi) is 5.28. The third kappa shape index (κ3) is 3.85. The van der Waals surface area contributed by atoms with E-state index in [1.807, 2.05) is 55.5 Å². The maximum Gasteiger partial charge on any atom is 0.276 e. The molecule has 0 unspecified atom stereocenters. The molecule has 142 valence electrons. The number of halogens is 1. The van der Waals surface area contributed by atoms with Crippen molar-refractivity contribution in [1.82, 2.24) is 5.01 Å². The lowest BCUT2D eigenvalue weighted by Crippen LogP contribution is -2.43. The maximum atomic E-state index is 13.2. The molecule has 0 aliphatic carbocycles. The van der Waals surface area contributed by atoms with Crippen molar-refractivity contribution >= 4 is 27.5 Å². The second-order valence-electron chi connectivity index (χ2n) is 7.96. The van der Waals surface area contributed by atoms with E-state index in [9.17, 15) is 9.90 Å². The van der Waals surface area contributed by atoms with Crippen molar-refractivity contribution in [2.45, 2.75) is 51.7 Å². The summed E-state index contributed by atoms with van der Waals surface area (Å²) in [6.07, 6.45) is 1.00. The Morgan fingerprint density at radius 3 is 2.26 bits per heavy atom. The first-order valence-electron chi connectivity index (χ1n) is 9.15. The molecular formula is C22H25BrN2O2. The van der Waals surface area contributed by atoms with Crippen LogP contribution in [-0.4, -0.2) is 21.7 Å². The summed E-state index contributed by atoms with van der Waals surface area (Å²) in [6, 6.07) is 14.9. The van der Waals surface area contributed by atoms with E-state index in [0.29, 0.717) is 24.0 Å². The highest BCUT2D eigenvalue weighted by Gasteiger charge is 2.45. The zero-order chi connectivity index (χ0) is 19.8. The summed E-state index contributed by atoms with van der Waals surface area (Å²) in [4.78, 5) is 13.2. The number of aliphatic hydroxyl groups is 1. The molecule has 1 amide bonds. The highest BCUT2D eigenvalue weighted by atomic mass is 79.9. The van der Waals surface area contributed by atoms with E-state index in [1.54, 1.807) is 0 Å². The first-order valence-corrected chi connectivity index (χ1v) is 9.94. The second kappa shape index (κ2) is 7.21. The average Bonchev–Trinajstić information content (AvgIpc) is 2.99. The minimum Gasteiger partial charge on any atom is -0.365 e. The van der Waals surface area contributed by atoms with Crippen LogP contribution < -0.4 is 0 Å². The summed E-state index contributed by atoms with van der Waals surface area (Å²) in [5.74, 6) is -0.302. The lowest BCUT2D eigenvalue weighted by atomic mass is 9.86. The highest BCUT2D eigenvalue weighted by Crippen LogP contribution is 2.37. The van der Waals surface area contributed by atoms with Gasteiger partial charge in [0.1, 0.15) is 0 Å². The number of hydrazone groups is 1. The van der Waals surface area contributed by atoms with Crippen molar-refractivity contribution in [3.8, 4) is 0 Å².